The van der Waals surface area contributed by atoms with Crippen molar-refractivity contribution in [2.24, 2.45) is 0 Å². The molecule has 2 aromatic rings. The SMILES string of the molecule is Cc1sc2nc(CSC(C)C(=O)NCCCOC(C)C)[nH]c(=O)c2c1C. The number of ether oxygens (including phenoxy) is 1. The minimum absolute atomic E-state index is 0.00853. The molecule has 0 spiro atoms. The highest BCUT2D eigenvalue weighted by Gasteiger charge is 2.15. The number of aryl methyl sites for hydroxylation is 2. The van der Waals surface area contributed by atoms with Crippen molar-refractivity contribution in [1.82, 2.24) is 15.3 Å². The molecule has 0 saturated carbocycles. The van der Waals surface area contributed by atoms with E-state index in [4.69, 9.17) is 4.74 Å². The van der Waals surface area contributed by atoms with Gasteiger partial charge in [-0.3, -0.25) is 9.59 Å². The Balaban J connectivity index is 1.85. The van der Waals surface area contributed by atoms with E-state index in [2.05, 4.69) is 15.3 Å². The lowest BCUT2D eigenvalue weighted by Crippen LogP contribution is -2.32. The van der Waals surface area contributed by atoms with Gasteiger partial charge in [-0.25, -0.2) is 4.98 Å². The van der Waals surface area contributed by atoms with Crippen LogP contribution in [0.25, 0.3) is 10.2 Å². The predicted molar refractivity (Wildman–Crippen MR) is 109 cm³/mol. The standard InChI is InChI=1S/C18H27N3O3S2/c1-10(2)24-8-6-7-19-16(22)13(5)25-9-14-20-17(23)15-11(3)12(4)26-18(15)21-14/h10,13H,6-9H2,1-5H3,(H,19,22)(H,20,21,23). The second-order valence-electron chi connectivity index (χ2n) is 6.49. The second kappa shape index (κ2) is 9.53. The molecule has 0 aliphatic rings. The van der Waals surface area contributed by atoms with Gasteiger partial charge in [-0.05, 0) is 46.6 Å². The van der Waals surface area contributed by atoms with E-state index in [1.54, 1.807) is 0 Å². The molecule has 0 saturated heterocycles. The number of hydrogen-bond acceptors (Lipinski definition) is 6. The summed E-state index contributed by atoms with van der Waals surface area (Å²) in [6.45, 7) is 11.0. The van der Waals surface area contributed by atoms with E-state index in [9.17, 15) is 9.59 Å². The number of nitrogens with zero attached hydrogens (tertiary/aromatic N) is 1. The van der Waals surface area contributed by atoms with Crippen molar-refractivity contribution in [2.75, 3.05) is 13.2 Å². The maximum absolute atomic E-state index is 12.3. The van der Waals surface area contributed by atoms with E-state index >= 15 is 0 Å². The third-order valence-electron chi connectivity index (χ3n) is 4.00. The molecule has 0 aliphatic heterocycles. The van der Waals surface area contributed by atoms with Crippen LogP contribution in [0.5, 0.6) is 0 Å². The van der Waals surface area contributed by atoms with Gasteiger partial charge in [0.2, 0.25) is 5.91 Å². The lowest BCUT2D eigenvalue weighted by atomic mass is 10.2. The molecular weight excluding hydrogens is 370 g/mol. The molecule has 2 heterocycles. The fourth-order valence-corrected chi connectivity index (χ4v) is 4.22. The van der Waals surface area contributed by atoms with Crippen LogP contribution in [0, 0.1) is 13.8 Å². The van der Waals surface area contributed by atoms with Crippen LogP contribution in [0.4, 0.5) is 0 Å². The number of carbonyl (C=O) groups excluding carboxylic acids is 1. The quantitative estimate of drug-likeness (QED) is 0.635. The van der Waals surface area contributed by atoms with Crippen LogP contribution >= 0.6 is 23.1 Å². The van der Waals surface area contributed by atoms with Gasteiger partial charge in [0.05, 0.1) is 22.5 Å². The topological polar surface area (TPSA) is 84.1 Å². The van der Waals surface area contributed by atoms with Gasteiger partial charge in [-0.1, -0.05) is 0 Å². The van der Waals surface area contributed by atoms with Crippen LogP contribution < -0.4 is 10.9 Å². The number of H-pyrrole nitrogens is 1. The molecule has 1 amide bonds. The van der Waals surface area contributed by atoms with E-state index in [0.717, 1.165) is 21.7 Å². The summed E-state index contributed by atoms with van der Waals surface area (Å²) in [7, 11) is 0. The maximum atomic E-state index is 12.3. The smallest absolute Gasteiger partial charge is 0.259 e. The summed E-state index contributed by atoms with van der Waals surface area (Å²) < 4.78 is 5.45. The number of nitrogens with one attached hydrogen (secondary N) is 2. The van der Waals surface area contributed by atoms with E-state index in [0.29, 0.717) is 30.1 Å². The molecule has 8 heteroatoms. The van der Waals surface area contributed by atoms with E-state index in [1.165, 1.54) is 23.1 Å². The van der Waals surface area contributed by atoms with E-state index in [1.807, 2.05) is 34.6 Å². The van der Waals surface area contributed by atoms with Crippen molar-refractivity contribution in [3.05, 3.63) is 26.6 Å². The number of hydrogen-bond donors (Lipinski definition) is 2. The first-order valence-electron chi connectivity index (χ1n) is 8.79. The summed E-state index contributed by atoms with van der Waals surface area (Å²) >= 11 is 3.00. The van der Waals surface area contributed by atoms with Crippen molar-refractivity contribution in [3.8, 4) is 0 Å². The number of fused-ring (bicyclic) bond motifs is 1. The Hall–Kier alpha value is -1.38. The number of aromatic amines is 1. The highest BCUT2D eigenvalue weighted by Crippen LogP contribution is 2.26. The predicted octanol–water partition coefficient (Wildman–Crippen LogP) is 3.15. The Kier molecular flexibility index (Phi) is 7.67. The van der Waals surface area contributed by atoms with Gasteiger partial charge in [0.1, 0.15) is 10.7 Å². The molecule has 1 atom stereocenters. The third kappa shape index (κ3) is 5.56. The largest absolute Gasteiger partial charge is 0.379 e. The van der Waals surface area contributed by atoms with Crippen LogP contribution in [0.15, 0.2) is 4.79 Å². The van der Waals surface area contributed by atoms with Crippen LogP contribution in [-0.4, -0.2) is 40.4 Å². The molecule has 0 aromatic carbocycles. The maximum Gasteiger partial charge on any atom is 0.259 e. The first-order valence-corrected chi connectivity index (χ1v) is 10.7. The molecule has 144 valence electrons. The summed E-state index contributed by atoms with van der Waals surface area (Å²) in [4.78, 5) is 33.7. The summed E-state index contributed by atoms with van der Waals surface area (Å²) in [6, 6.07) is 0. The number of carbonyl (C=O) groups is 1. The first-order chi connectivity index (χ1) is 12.3. The Morgan fingerprint density at radius 3 is 2.77 bits per heavy atom. The zero-order valence-electron chi connectivity index (χ0n) is 16.0. The minimum atomic E-state index is -0.214. The number of thioether (sulfide) groups is 1. The molecule has 2 aromatic heterocycles. The van der Waals surface area contributed by atoms with Crippen LogP contribution in [0.2, 0.25) is 0 Å². The fourth-order valence-electron chi connectivity index (χ4n) is 2.39. The highest BCUT2D eigenvalue weighted by atomic mass is 32.2. The van der Waals surface area contributed by atoms with Gasteiger partial charge in [0.25, 0.3) is 5.56 Å². The van der Waals surface area contributed by atoms with Gasteiger partial charge in [0.15, 0.2) is 0 Å². The van der Waals surface area contributed by atoms with Gasteiger partial charge >= 0.3 is 0 Å². The van der Waals surface area contributed by atoms with Crippen molar-refractivity contribution in [2.45, 2.75) is 58.1 Å². The lowest BCUT2D eigenvalue weighted by molar-refractivity contribution is -0.120. The lowest BCUT2D eigenvalue weighted by Gasteiger charge is -2.12. The number of amides is 1. The molecule has 26 heavy (non-hydrogen) atoms. The zero-order chi connectivity index (χ0) is 19.3. The zero-order valence-corrected chi connectivity index (χ0v) is 17.6. The van der Waals surface area contributed by atoms with Crippen molar-refractivity contribution in [1.29, 1.82) is 0 Å². The van der Waals surface area contributed by atoms with Crippen LogP contribution in [0.3, 0.4) is 0 Å². The molecular formula is C18H27N3O3S2. The number of aromatic nitrogens is 2. The van der Waals surface area contributed by atoms with Gasteiger partial charge in [-0.15, -0.1) is 23.1 Å². The Morgan fingerprint density at radius 1 is 1.35 bits per heavy atom. The molecule has 0 aliphatic carbocycles. The molecule has 2 N–H and O–H groups in total. The fraction of sp³-hybridized carbons (Fsp3) is 0.611. The molecule has 6 nitrogen and oxygen atoms in total. The molecule has 2 rings (SSSR count). The first kappa shape index (κ1) is 20.9. The summed E-state index contributed by atoms with van der Waals surface area (Å²) in [5.41, 5.74) is 0.891. The van der Waals surface area contributed by atoms with Crippen molar-refractivity contribution >= 4 is 39.2 Å². The molecule has 0 radical (unpaired) electrons. The average Bonchev–Trinajstić information content (AvgIpc) is 2.86. The Bertz CT molecular complexity index is 814. The van der Waals surface area contributed by atoms with Gasteiger partial charge in [-0.2, -0.15) is 0 Å². The molecule has 1 unspecified atom stereocenters. The Morgan fingerprint density at radius 2 is 2.08 bits per heavy atom. The average molecular weight is 398 g/mol. The Labute approximate surface area is 162 Å². The summed E-state index contributed by atoms with van der Waals surface area (Å²) in [6.07, 6.45) is 1.01. The number of rotatable bonds is 9. The second-order valence-corrected chi connectivity index (χ2v) is 9.03. The number of thiophene rings is 1. The highest BCUT2D eigenvalue weighted by molar-refractivity contribution is 7.99. The normalized spacial score (nSPS) is 12.7. The third-order valence-corrected chi connectivity index (χ3v) is 6.25. The van der Waals surface area contributed by atoms with Crippen LogP contribution in [-0.2, 0) is 15.3 Å². The van der Waals surface area contributed by atoms with Gasteiger partial charge < -0.3 is 15.0 Å². The van der Waals surface area contributed by atoms with Crippen LogP contribution in [0.1, 0.15) is 43.5 Å². The van der Waals surface area contributed by atoms with Crippen molar-refractivity contribution in [3.63, 3.8) is 0 Å². The van der Waals surface area contributed by atoms with E-state index in [-0.39, 0.29) is 22.8 Å². The van der Waals surface area contributed by atoms with Crippen molar-refractivity contribution < 1.29 is 9.53 Å². The molecule has 0 bridgehead atoms. The van der Waals surface area contributed by atoms with Gasteiger partial charge in [0, 0.05) is 18.0 Å². The monoisotopic (exact) mass is 397 g/mol. The van der Waals surface area contributed by atoms with E-state index < -0.39 is 0 Å². The molecule has 0 fully saturated rings. The summed E-state index contributed by atoms with van der Waals surface area (Å²) in [5, 5.41) is 3.38. The minimum Gasteiger partial charge on any atom is -0.379 e. The summed E-state index contributed by atoms with van der Waals surface area (Å²) in [5.74, 6) is 1.09.